The zero-order valence-corrected chi connectivity index (χ0v) is 23.7. The summed E-state index contributed by atoms with van der Waals surface area (Å²) in [4.78, 5) is 20.2. The van der Waals surface area contributed by atoms with Gasteiger partial charge < -0.3 is 21.3 Å². The molecule has 4 N–H and O–H groups in total. The fourth-order valence-corrected chi connectivity index (χ4v) is 3.63. The minimum atomic E-state index is -0.423. The molecule has 0 saturated carbocycles. The van der Waals surface area contributed by atoms with E-state index in [0.29, 0.717) is 10.2 Å². The van der Waals surface area contributed by atoms with Gasteiger partial charge in [0.2, 0.25) is 0 Å². The molecule has 0 aliphatic heterocycles. The van der Waals surface area contributed by atoms with Crippen molar-refractivity contribution >= 4 is 57.4 Å². The Morgan fingerprint density at radius 2 is 0.974 bits per heavy atom. The van der Waals surface area contributed by atoms with E-state index in [1.807, 2.05) is 0 Å². The Bertz CT molecular complexity index is 922. The lowest BCUT2D eigenvalue weighted by Crippen LogP contribution is -2.29. The van der Waals surface area contributed by atoms with Crippen molar-refractivity contribution in [2.24, 2.45) is 0 Å². The molecule has 12 heteroatoms. The van der Waals surface area contributed by atoms with Gasteiger partial charge in [0.05, 0.1) is 9.85 Å². The van der Waals surface area contributed by atoms with Crippen LogP contribution < -0.4 is 21.3 Å². The van der Waals surface area contributed by atoms with Gasteiger partial charge >= 0.3 is 0 Å². The van der Waals surface area contributed by atoms with Crippen LogP contribution in [0.3, 0.4) is 0 Å². The van der Waals surface area contributed by atoms with Crippen LogP contribution in [-0.2, 0) is 0 Å². The van der Waals surface area contributed by atoms with E-state index in [4.69, 9.17) is 24.4 Å². The van der Waals surface area contributed by atoms with E-state index in [9.17, 15) is 20.2 Å². The number of nitrogens with zero attached hydrogens (tertiary/aromatic N) is 2. The standard InChI is InChI=1S/2C13H19N3O2S/c2*1-2-3-4-5-10-14-13(19)15-11-6-8-12(9-7-11)16(17)18/h2*6-9H,2-5,10H2,1H3,(H2,14,15,19). The van der Waals surface area contributed by atoms with Gasteiger partial charge in [-0.15, -0.1) is 0 Å². The maximum Gasteiger partial charge on any atom is 0.269 e. The van der Waals surface area contributed by atoms with Crippen molar-refractivity contribution in [1.29, 1.82) is 0 Å². The smallest absolute Gasteiger partial charge is 0.269 e. The number of nitrogens with one attached hydrogen (secondary N) is 4. The Balaban J connectivity index is 0.000000380. The first-order valence-corrected chi connectivity index (χ1v) is 13.7. The van der Waals surface area contributed by atoms with Crippen LogP contribution in [0, 0.1) is 20.2 Å². The van der Waals surface area contributed by atoms with Gasteiger partial charge in [0.25, 0.3) is 11.4 Å². The molecule has 0 aliphatic carbocycles. The quantitative estimate of drug-likeness (QED) is 0.0831. The first kappa shape index (κ1) is 32.6. The van der Waals surface area contributed by atoms with Crippen LogP contribution in [-0.4, -0.2) is 33.2 Å². The summed E-state index contributed by atoms with van der Waals surface area (Å²) < 4.78 is 0. The van der Waals surface area contributed by atoms with E-state index in [-0.39, 0.29) is 11.4 Å². The van der Waals surface area contributed by atoms with Crippen molar-refractivity contribution in [3.8, 4) is 0 Å². The molecule has 2 rings (SSSR count). The lowest BCUT2D eigenvalue weighted by molar-refractivity contribution is -0.385. The second-order valence-corrected chi connectivity index (χ2v) is 9.31. The van der Waals surface area contributed by atoms with Gasteiger partial charge in [0.15, 0.2) is 10.2 Å². The zero-order chi connectivity index (χ0) is 28.2. The summed E-state index contributed by atoms with van der Waals surface area (Å²) in [6.07, 6.45) is 9.49. The van der Waals surface area contributed by atoms with Crippen LogP contribution >= 0.6 is 24.4 Å². The van der Waals surface area contributed by atoms with Crippen LogP contribution in [0.15, 0.2) is 48.5 Å². The number of hydrogen-bond acceptors (Lipinski definition) is 6. The summed E-state index contributed by atoms with van der Waals surface area (Å²) in [6, 6.07) is 12.4. The fourth-order valence-electron chi connectivity index (χ4n) is 3.19. The third-order valence-electron chi connectivity index (χ3n) is 5.30. The molecule has 0 radical (unpaired) electrons. The minimum Gasteiger partial charge on any atom is -0.362 e. The van der Waals surface area contributed by atoms with E-state index in [1.54, 1.807) is 24.3 Å². The predicted octanol–water partition coefficient (Wildman–Crippen LogP) is 6.92. The highest BCUT2D eigenvalue weighted by molar-refractivity contribution is 7.80. The number of hydrogen-bond donors (Lipinski definition) is 4. The number of unbranched alkanes of at least 4 members (excludes halogenated alkanes) is 6. The molecule has 0 aliphatic rings. The van der Waals surface area contributed by atoms with E-state index in [1.165, 1.54) is 62.8 Å². The second kappa shape index (κ2) is 19.7. The van der Waals surface area contributed by atoms with Crippen molar-refractivity contribution in [2.45, 2.75) is 65.2 Å². The Morgan fingerprint density at radius 1 is 0.632 bits per heavy atom. The number of rotatable bonds is 14. The highest BCUT2D eigenvalue weighted by Crippen LogP contribution is 2.16. The molecular weight excluding hydrogens is 524 g/mol. The molecule has 0 unspecified atom stereocenters. The third kappa shape index (κ3) is 15.0. The molecule has 0 atom stereocenters. The minimum absolute atomic E-state index is 0.0731. The first-order chi connectivity index (χ1) is 18.3. The number of nitro benzene ring substituents is 2. The van der Waals surface area contributed by atoms with Crippen LogP contribution in [0.4, 0.5) is 22.7 Å². The maximum absolute atomic E-state index is 10.5. The summed E-state index contributed by atoms with van der Waals surface area (Å²) in [5.74, 6) is 0. The summed E-state index contributed by atoms with van der Waals surface area (Å²) in [6.45, 7) is 6.04. The molecular formula is C26H38N6O4S2. The van der Waals surface area contributed by atoms with Crippen LogP contribution in [0.2, 0.25) is 0 Å². The number of nitro groups is 2. The van der Waals surface area contributed by atoms with Crippen LogP contribution in [0.5, 0.6) is 0 Å². The van der Waals surface area contributed by atoms with E-state index in [0.717, 1.165) is 37.3 Å². The SMILES string of the molecule is CCCCCCNC(=S)Nc1ccc([N+](=O)[O-])cc1.CCCCCCNC(=S)Nc1ccc([N+](=O)[O-])cc1. The summed E-state index contributed by atoms with van der Waals surface area (Å²) >= 11 is 10.3. The van der Waals surface area contributed by atoms with E-state index in [2.05, 4.69) is 35.1 Å². The Morgan fingerprint density at radius 3 is 1.26 bits per heavy atom. The van der Waals surface area contributed by atoms with Crippen LogP contribution in [0.25, 0.3) is 0 Å². The lowest BCUT2D eigenvalue weighted by atomic mass is 10.2. The van der Waals surface area contributed by atoms with E-state index < -0.39 is 9.85 Å². The molecule has 0 spiro atoms. The van der Waals surface area contributed by atoms with Crippen molar-refractivity contribution in [1.82, 2.24) is 10.6 Å². The lowest BCUT2D eigenvalue weighted by Gasteiger charge is -2.10. The third-order valence-corrected chi connectivity index (χ3v) is 5.80. The molecule has 0 bridgehead atoms. The number of non-ortho nitro benzene ring substituents is 2. The van der Waals surface area contributed by atoms with Crippen molar-refractivity contribution < 1.29 is 9.85 Å². The number of anilines is 2. The number of thiocarbonyl (C=S) groups is 2. The Hall–Kier alpha value is -3.38. The van der Waals surface area contributed by atoms with Gasteiger partial charge in [-0.3, -0.25) is 20.2 Å². The van der Waals surface area contributed by atoms with Crippen molar-refractivity contribution in [3.05, 3.63) is 68.8 Å². The van der Waals surface area contributed by atoms with Gasteiger partial charge in [-0.25, -0.2) is 0 Å². The normalized spacial score (nSPS) is 9.95. The molecule has 10 nitrogen and oxygen atoms in total. The second-order valence-electron chi connectivity index (χ2n) is 8.49. The van der Waals surface area contributed by atoms with Gasteiger partial charge in [-0.2, -0.15) is 0 Å². The maximum atomic E-state index is 10.5. The molecule has 0 amide bonds. The summed E-state index contributed by atoms with van der Waals surface area (Å²) in [5, 5.41) is 34.3. The first-order valence-electron chi connectivity index (χ1n) is 12.8. The summed E-state index contributed by atoms with van der Waals surface area (Å²) in [5.41, 5.74) is 1.64. The molecule has 2 aromatic rings. The van der Waals surface area contributed by atoms with Crippen molar-refractivity contribution in [3.63, 3.8) is 0 Å². The van der Waals surface area contributed by atoms with Crippen molar-refractivity contribution in [2.75, 3.05) is 23.7 Å². The number of benzene rings is 2. The Kier molecular flexibility index (Phi) is 16.9. The molecule has 2 aromatic carbocycles. The monoisotopic (exact) mass is 562 g/mol. The molecule has 208 valence electrons. The molecule has 0 aromatic heterocycles. The largest absolute Gasteiger partial charge is 0.362 e. The molecule has 0 saturated heterocycles. The fraction of sp³-hybridized carbons (Fsp3) is 0.462. The van der Waals surface area contributed by atoms with Gasteiger partial charge in [-0.05, 0) is 61.5 Å². The topological polar surface area (TPSA) is 134 Å². The van der Waals surface area contributed by atoms with E-state index >= 15 is 0 Å². The highest BCUT2D eigenvalue weighted by Gasteiger charge is 2.05. The van der Waals surface area contributed by atoms with Gasteiger partial charge in [0.1, 0.15) is 0 Å². The molecule has 0 fully saturated rings. The summed E-state index contributed by atoms with van der Waals surface area (Å²) in [7, 11) is 0. The average molecular weight is 563 g/mol. The zero-order valence-electron chi connectivity index (χ0n) is 22.0. The van der Waals surface area contributed by atoms with Gasteiger partial charge in [0, 0.05) is 48.7 Å². The highest BCUT2D eigenvalue weighted by atomic mass is 32.1. The average Bonchev–Trinajstić information content (AvgIpc) is 2.89. The predicted molar refractivity (Wildman–Crippen MR) is 163 cm³/mol. The van der Waals surface area contributed by atoms with Gasteiger partial charge in [-0.1, -0.05) is 52.4 Å². The Labute approximate surface area is 235 Å². The molecule has 38 heavy (non-hydrogen) atoms. The van der Waals surface area contributed by atoms with Crippen LogP contribution in [0.1, 0.15) is 65.2 Å². The molecule has 0 heterocycles.